The first-order chi connectivity index (χ1) is 9.09. The Balaban J connectivity index is 1.63. The Morgan fingerprint density at radius 3 is 2.58 bits per heavy atom. The van der Waals surface area contributed by atoms with E-state index in [1.165, 1.54) is 12.8 Å². The zero-order chi connectivity index (χ0) is 13.8. The van der Waals surface area contributed by atoms with Crippen LogP contribution in [0.2, 0.25) is 0 Å². The van der Waals surface area contributed by atoms with E-state index < -0.39 is 11.9 Å². The number of amides is 2. The number of likely N-dealkylation sites (tertiary alicyclic amines) is 1. The largest absolute Gasteiger partial charge is 0.481 e. The van der Waals surface area contributed by atoms with Crippen LogP contribution < -0.4 is 10.6 Å². The molecular weight excluding hydrogens is 246 g/mol. The molecule has 6 heteroatoms. The van der Waals surface area contributed by atoms with Crippen LogP contribution in [0.4, 0.5) is 4.79 Å². The molecular formula is C13H23N3O3. The van der Waals surface area contributed by atoms with Gasteiger partial charge in [-0.15, -0.1) is 0 Å². The topological polar surface area (TPSA) is 81.7 Å². The predicted molar refractivity (Wildman–Crippen MR) is 71.0 cm³/mol. The lowest BCUT2D eigenvalue weighted by molar-refractivity contribution is -0.142. The molecule has 1 saturated heterocycles. The molecule has 0 aromatic carbocycles. The molecule has 108 valence electrons. The van der Waals surface area contributed by atoms with Gasteiger partial charge in [-0.1, -0.05) is 0 Å². The number of carboxylic acid groups (broad SMARTS) is 1. The van der Waals surface area contributed by atoms with Crippen LogP contribution >= 0.6 is 0 Å². The van der Waals surface area contributed by atoms with Crippen LogP contribution in [0.3, 0.4) is 0 Å². The Labute approximate surface area is 113 Å². The number of carbonyl (C=O) groups is 2. The summed E-state index contributed by atoms with van der Waals surface area (Å²) in [4.78, 5) is 24.5. The first-order valence-corrected chi connectivity index (χ1v) is 7.10. The van der Waals surface area contributed by atoms with Crippen molar-refractivity contribution in [3.8, 4) is 0 Å². The van der Waals surface area contributed by atoms with Crippen molar-refractivity contribution in [3.63, 3.8) is 0 Å². The van der Waals surface area contributed by atoms with Crippen molar-refractivity contribution in [2.45, 2.75) is 44.7 Å². The lowest BCUT2D eigenvalue weighted by Crippen LogP contribution is -2.44. The third-order valence-corrected chi connectivity index (χ3v) is 3.97. The molecule has 2 fully saturated rings. The van der Waals surface area contributed by atoms with Crippen molar-refractivity contribution in [3.05, 3.63) is 0 Å². The summed E-state index contributed by atoms with van der Waals surface area (Å²) in [6.07, 6.45) is 4.00. The molecule has 2 unspecified atom stereocenters. The van der Waals surface area contributed by atoms with E-state index in [2.05, 4.69) is 10.6 Å². The van der Waals surface area contributed by atoms with Crippen LogP contribution in [0.5, 0.6) is 0 Å². The number of urea groups is 1. The molecule has 1 heterocycles. The van der Waals surface area contributed by atoms with Crippen LogP contribution in [0.15, 0.2) is 0 Å². The maximum Gasteiger partial charge on any atom is 0.317 e. The second-order valence-electron chi connectivity index (χ2n) is 5.48. The molecule has 2 atom stereocenters. The van der Waals surface area contributed by atoms with E-state index in [0.717, 1.165) is 13.0 Å². The smallest absolute Gasteiger partial charge is 0.317 e. The highest BCUT2D eigenvalue weighted by Gasteiger charge is 2.37. The third kappa shape index (κ3) is 3.83. The molecule has 0 radical (unpaired) electrons. The highest BCUT2D eigenvalue weighted by molar-refractivity contribution is 5.78. The molecule has 0 spiro atoms. The Morgan fingerprint density at radius 2 is 2.00 bits per heavy atom. The molecule has 1 saturated carbocycles. The van der Waals surface area contributed by atoms with Crippen molar-refractivity contribution in [2.75, 3.05) is 19.6 Å². The molecule has 2 rings (SSSR count). The van der Waals surface area contributed by atoms with E-state index in [9.17, 15) is 9.59 Å². The summed E-state index contributed by atoms with van der Waals surface area (Å²) in [6, 6.07) is 0.343. The zero-order valence-electron chi connectivity index (χ0n) is 11.4. The molecule has 19 heavy (non-hydrogen) atoms. The Hall–Kier alpha value is -1.30. The van der Waals surface area contributed by atoms with Gasteiger partial charge in [0.05, 0.1) is 5.92 Å². The number of nitrogens with zero attached hydrogens (tertiary/aromatic N) is 1. The lowest BCUT2D eigenvalue weighted by atomic mass is 10.0. The molecule has 2 aliphatic rings. The summed E-state index contributed by atoms with van der Waals surface area (Å²) in [5.41, 5.74) is 0. The van der Waals surface area contributed by atoms with Gasteiger partial charge < -0.3 is 20.6 Å². The minimum absolute atomic E-state index is 0.136. The predicted octanol–water partition coefficient (Wildman–Crippen LogP) is 0.633. The monoisotopic (exact) mass is 269 g/mol. The van der Waals surface area contributed by atoms with Gasteiger partial charge in [-0.2, -0.15) is 0 Å². The van der Waals surface area contributed by atoms with E-state index in [0.29, 0.717) is 25.6 Å². The van der Waals surface area contributed by atoms with E-state index in [1.54, 1.807) is 11.8 Å². The van der Waals surface area contributed by atoms with Crippen molar-refractivity contribution in [2.24, 2.45) is 5.92 Å². The Kier molecular flexibility index (Phi) is 4.63. The fourth-order valence-corrected chi connectivity index (χ4v) is 2.54. The average Bonchev–Trinajstić information content (AvgIpc) is 3.09. The molecule has 6 nitrogen and oxygen atoms in total. The van der Waals surface area contributed by atoms with Crippen LogP contribution in [0, 0.1) is 5.92 Å². The summed E-state index contributed by atoms with van der Waals surface area (Å²) >= 11 is 0. The minimum atomic E-state index is -0.809. The number of aliphatic carboxylic acids is 1. The second kappa shape index (κ2) is 6.23. The van der Waals surface area contributed by atoms with E-state index >= 15 is 0 Å². The molecule has 1 aliphatic heterocycles. The average molecular weight is 269 g/mol. The normalized spacial score (nSPS) is 26.5. The standard InChI is InChI=1S/C13H23N3O3/c1-9-11(12(17)18)5-8-16(9)13(19)15-7-2-6-14-10-3-4-10/h9-11,14H,2-8H2,1H3,(H,15,19)(H,17,18). The maximum absolute atomic E-state index is 11.9. The Morgan fingerprint density at radius 1 is 1.26 bits per heavy atom. The van der Waals surface area contributed by atoms with Gasteiger partial charge in [-0.3, -0.25) is 4.79 Å². The first-order valence-electron chi connectivity index (χ1n) is 7.10. The SMILES string of the molecule is CC1C(C(=O)O)CCN1C(=O)NCCCNC1CC1. The second-order valence-corrected chi connectivity index (χ2v) is 5.48. The molecule has 1 aliphatic carbocycles. The van der Waals surface area contributed by atoms with Gasteiger partial charge in [0.25, 0.3) is 0 Å². The third-order valence-electron chi connectivity index (χ3n) is 3.97. The van der Waals surface area contributed by atoms with Gasteiger partial charge in [-0.25, -0.2) is 4.79 Å². The van der Waals surface area contributed by atoms with Gasteiger partial charge in [-0.05, 0) is 39.2 Å². The highest BCUT2D eigenvalue weighted by atomic mass is 16.4. The van der Waals surface area contributed by atoms with Crippen molar-refractivity contribution < 1.29 is 14.7 Å². The highest BCUT2D eigenvalue weighted by Crippen LogP contribution is 2.24. The molecule has 0 aromatic heterocycles. The lowest BCUT2D eigenvalue weighted by Gasteiger charge is -2.23. The number of rotatable bonds is 6. The van der Waals surface area contributed by atoms with E-state index in [4.69, 9.17) is 5.11 Å². The molecule has 2 amide bonds. The van der Waals surface area contributed by atoms with Crippen LogP contribution in [-0.2, 0) is 4.79 Å². The van der Waals surface area contributed by atoms with Crippen molar-refractivity contribution >= 4 is 12.0 Å². The van der Waals surface area contributed by atoms with E-state index in [1.807, 2.05) is 0 Å². The maximum atomic E-state index is 11.9. The van der Waals surface area contributed by atoms with Gasteiger partial charge in [0, 0.05) is 25.2 Å². The van der Waals surface area contributed by atoms with Gasteiger partial charge in [0.2, 0.25) is 0 Å². The van der Waals surface area contributed by atoms with Crippen LogP contribution in [0.25, 0.3) is 0 Å². The fourth-order valence-electron chi connectivity index (χ4n) is 2.54. The fraction of sp³-hybridized carbons (Fsp3) is 0.846. The van der Waals surface area contributed by atoms with Gasteiger partial charge in [0.1, 0.15) is 0 Å². The van der Waals surface area contributed by atoms with Crippen LogP contribution in [-0.4, -0.2) is 53.7 Å². The number of carboxylic acids is 1. The quantitative estimate of drug-likeness (QED) is 0.618. The summed E-state index contributed by atoms with van der Waals surface area (Å²) in [5, 5.41) is 15.3. The van der Waals surface area contributed by atoms with Crippen molar-refractivity contribution in [1.29, 1.82) is 0 Å². The minimum Gasteiger partial charge on any atom is -0.481 e. The summed E-state index contributed by atoms with van der Waals surface area (Å²) in [7, 11) is 0. The van der Waals surface area contributed by atoms with Gasteiger partial charge in [0.15, 0.2) is 0 Å². The molecule has 0 aromatic rings. The van der Waals surface area contributed by atoms with Crippen molar-refractivity contribution in [1.82, 2.24) is 15.5 Å². The molecule has 0 bridgehead atoms. The summed E-state index contributed by atoms with van der Waals surface area (Å²) < 4.78 is 0. The zero-order valence-corrected chi connectivity index (χ0v) is 11.4. The van der Waals surface area contributed by atoms with E-state index in [-0.39, 0.29) is 12.1 Å². The first kappa shape index (κ1) is 14.1. The number of hydrogen-bond donors (Lipinski definition) is 3. The number of carbonyl (C=O) groups excluding carboxylic acids is 1. The Bertz CT molecular complexity index is 344. The van der Waals surface area contributed by atoms with Crippen LogP contribution in [0.1, 0.15) is 32.6 Å². The van der Waals surface area contributed by atoms with Gasteiger partial charge >= 0.3 is 12.0 Å². The summed E-state index contributed by atoms with van der Waals surface area (Å²) in [6.45, 7) is 3.90. The number of nitrogens with one attached hydrogen (secondary N) is 2. The molecule has 3 N–H and O–H groups in total. The number of hydrogen-bond acceptors (Lipinski definition) is 3. The summed E-state index contributed by atoms with van der Waals surface area (Å²) in [5.74, 6) is -1.24.